The van der Waals surface area contributed by atoms with Crippen molar-refractivity contribution >= 4 is 58.9 Å². The molecule has 14 heteroatoms. The van der Waals surface area contributed by atoms with E-state index in [2.05, 4.69) is 14.0 Å². The van der Waals surface area contributed by atoms with Crippen molar-refractivity contribution in [1.29, 1.82) is 0 Å². The van der Waals surface area contributed by atoms with Crippen molar-refractivity contribution in [3.63, 3.8) is 0 Å². The number of nitrogens with zero attached hydrogens (tertiary/aromatic N) is 2. The van der Waals surface area contributed by atoms with Gasteiger partial charge in [-0.1, -0.05) is 11.6 Å². The zero-order chi connectivity index (χ0) is 22.8. The molecule has 0 saturated heterocycles. The minimum absolute atomic E-state index is 0. The Balaban J connectivity index is 0.00000363. The Labute approximate surface area is 211 Å². The van der Waals surface area contributed by atoms with Crippen LogP contribution in [0.2, 0.25) is 5.15 Å². The van der Waals surface area contributed by atoms with Crippen LogP contribution >= 0.6 is 19.3 Å². The molecule has 168 valence electrons. The van der Waals surface area contributed by atoms with Crippen molar-refractivity contribution < 1.29 is 31.2 Å². The first-order valence-electron chi connectivity index (χ1n) is 8.57. The van der Waals surface area contributed by atoms with Crippen LogP contribution in [0, 0.1) is 5.82 Å². The molecule has 0 unspecified atom stereocenters. The van der Waals surface area contributed by atoms with Gasteiger partial charge in [0.15, 0.2) is 16.7 Å². The average molecular weight is 514 g/mol. The number of aromatic nitrogens is 2. The summed E-state index contributed by atoms with van der Waals surface area (Å²) in [5, 5.41) is 0.129. The van der Waals surface area contributed by atoms with Crippen LogP contribution in [0.25, 0.3) is 16.9 Å². The van der Waals surface area contributed by atoms with E-state index >= 15 is 0 Å². The Morgan fingerprint density at radius 1 is 1.09 bits per heavy atom. The van der Waals surface area contributed by atoms with Crippen molar-refractivity contribution in [1.82, 2.24) is 14.0 Å². The molecule has 0 aliphatic heterocycles. The standard InChI is InChI=1S/C18H18ClFN3O6PS.Na.H/c1-27-16-9-4-12(10-15(16)20)17-18(19)21-11-23(17)13-5-7-14(8-6-13)31(25,26)22-30(24,28-2)29-3;;/h4-11H,1-3H3,(H,22,24);;. The molecule has 2 aromatic carbocycles. The summed E-state index contributed by atoms with van der Waals surface area (Å²) in [6, 6.07) is 9.90. The number of ether oxygens (including phenoxy) is 1. The first-order valence-corrected chi connectivity index (χ1v) is 12.0. The average Bonchev–Trinajstić information content (AvgIpc) is 3.14. The quantitative estimate of drug-likeness (QED) is 0.363. The molecule has 0 aliphatic rings. The fourth-order valence-corrected chi connectivity index (χ4v) is 5.81. The number of halogens is 2. The van der Waals surface area contributed by atoms with E-state index < -0.39 is 23.6 Å². The Morgan fingerprint density at radius 3 is 2.25 bits per heavy atom. The maximum atomic E-state index is 14.2. The Bertz CT molecular complexity index is 1250. The Kier molecular flexibility index (Phi) is 9.08. The predicted octanol–water partition coefficient (Wildman–Crippen LogP) is 3.37. The second-order valence-electron chi connectivity index (χ2n) is 6.05. The Hall–Kier alpha value is -1.27. The topological polar surface area (TPSA) is 109 Å². The van der Waals surface area contributed by atoms with Gasteiger partial charge in [-0.2, -0.15) is 0 Å². The zero-order valence-corrected chi connectivity index (χ0v) is 19.0. The number of sulfonamides is 1. The third kappa shape index (κ3) is 5.61. The van der Waals surface area contributed by atoms with Gasteiger partial charge in [0.05, 0.1) is 17.7 Å². The number of benzene rings is 2. The fourth-order valence-electron chi connectivity index (χ4n) is 2.73. The van der Waals surface area contributed by atoms with Crippen molar-refractivity contribution in [3.05, 3.63) is 59.8 Å². The molecule has 0 radical (unpaired) electrons. The molecule has 0 bridgehead atoms. The van der Waals surface area contributed by atoms with Gasteiger partial charge in [-0.15, -0.1) is 4.49 Å². The summed E-state index contributed by atoms with van der Waals surface area (Å²) in [7, 11) is -4.73. The van der Waals surface area contributed by atoms with Crippen LogP contribution < -0.4 is 9.23 Å². The van der Waals surface area contributed by atoms with Crippen molar-refractivity contribution in [2.45, 2.75) is 4.90 Å². The van der Waals surface area contributed by atoms with Crippen molar-refractivity contribution in [2.24, 2.45) is 0 Å². The maximum absolute atomic E-state index is 14.2. The number of nitrogens with one attached hydrogen (secondary N) is 1. The van der Waals surface area contributed by atoms with Gasteiger partial charge >= 0.3 is 37.3 Å². The van der Waals surface area contributed by atoms with Crippen LogP contribution in [0.3, 0.4) is 0 Å². The molecule has 9 nitrogen and oxygen atoms in total. The molecule has 3 rings (SSSR count). The van der Waals surface area contributed by atoms with E-state index in [4.69, 9.17) is 16.3 Å². The van der Waals surface area contributed by atoms with Gasteiger partial charge in [0.2, 0.25) is 10.0 Å². The van der Waals surface area contributed by atoms with E-state index in [1.54, 1.807) is 10.6 Å². The molecule has 0 amide bonds. The van der Waals surface area contributed by atoms with Gasteiger partial charge in [-0.3, -0.25) is 13.6 Å². The van der Waals surface area contributed by atoms with Gasteiger partial charge in [0, 0.05) is 25.5 Å². The zero-order valence-electron chi connectivity index (χ0n) is 16.6. The normalized spacial score (nSPS) is 11.8. The van der Waals surface area contributed by atoms with E-state index in [0.29, 0.717) is 16.9 Å². The second kappa shape index (κ2) is 10.8. The second-order valence-corrected chi connectivity index (χ2v) is 10.3. The van der Waals surface area contributed by atoms with Crippen molar-refractivity contribution in [2.75, 3.05) is 21.3 Å². The molecule has 1 N–H and O–H groups in total. The van der Waals surface area contributed by atoms with Crippen LogP contribution in [0.5, 0.6) is 5.75 Å². The molecule has 3 aromatic rings. The van der Waals surface area contributed by atoms with Gasteiger partial charge in [0.1, 0.15) is 6.33 Å². The summed E-state index contributed by atoms with van der Waals surface area (Å²) in [5.41, 5.74) is 1.35. The monoisotopic (exact) mass is 513 g/mol. The van der Waals surface area contributed by atoms with Crippen LogP contribution in [0.1, 0.15) is 0 Å². The summed E-state index contributed by atoms with van der Waals surface area (Å²) in [5.74, 6) is -0.491. The molecule has 1 aromatic heterocycles. The SMILES string of the molecule is COc1ccc(-c2c(Cl)ncn2-c2ccc(S(=O)(=O)NP(=O)(OC)OC)cc2)cc1F.[NaH]. The van der Waals surface area contributed by atoms with E-state index in [0.717, 1.165) is 14.2 Å². The molecular weight excluding hydrogens is 495 g/mol. The molecular formula is C18H19ClFN3NaO6PS. The van der Waals surface area contributed by atoms with E-state index in [1.807, 2.05) is 4.49 Å². The summed E-state index contributed by atoms with van der Waals surface area (Å²) in [6.45, 7) is 0. The number of rotatable bonds is 8. The predicted molar refractivity (Wildman–Crippen MR) is 120 cm³/mol. The van der Waals surface area contributed by atoms with Gasteiger partial charge < -0.3 is 4.74 Å². The van der Waals surface area contributed by atoms with Gasteiger partial charge in [-0.05, 0) is 42.5 Å². The van der Waals surface area contributed by atoms with E-state index in [1.165, 1.54) is 49.8 Å². The van der Waals surface area contributed by atoms with Gasteiger partial charge in [0.25, 0.3) is 0 Å². The van der Waals surface area contributed by atoms with Crippen LogP contribution in [-0.2, 0) is 23.6 Å². The first-order chi connectivity index (χ1) is 14.6. The van der Waals surface area contributed by atoms with Gasteiger partial charge in [-0.25, -0.2) is 22.4 Å². The third-order valence-corrected chi connectivity index (χ3v) is 8.27. The van der Waals surface area contributed by atoms with Crippen LogP contribution in [-0.4, -0.2) is 68.9 Å². The number of imidazole rings is 1. The molecule has 0 aliphatic carbocycles. The van der Waals surface area contributed by atoms with Crippen molar-refractivity contribution in [3.8, 4) is 22.7 Å². The summed E-state index contributed by atoms with van der Waals surface area (Å²) >= 11 is 6.21. The summed E-state index contributed by atoms with van der Waals surface area (Å²) < 4.78 is 68.8. The first kappa shape index (κ1) is 27.0. The molecule has 0 saturated carbocycles. The number of hydrogen-bond acceptors (Lipinski definition) is 7. The number of hydrogen-bond donors (Lipinski definition) is 1. The van der Waals surface area contributed by atoms with E-state index in [-0.39, 0.29) is 45.4 Å². The van der Waals surface area contributed by atoms with Crippen LogP contribution in [0.4, 0.5) is 4.39 Å². The molecule has 0 spiro atoms. The number of methoxy groups -OCH3 is 1. The molecule has 1 heterocycles. The summed E-state index contributed by atoms with van der Waals surface area (Å²) in [6.07, 6.45) is 1.42. The molecule has 0 atom stereocenters. The third-order valence-electron chi connectivity index (χ3n) is 4.29. The summed E-state index contributed by atoms with van der Waals surface area (Å²) in [4.78, 5) is 3.89. The minimum atomic E-state index is -4.19. The van der Waals surface area contributed by atoms with Crippen LogP contribution in [0.15, 0.2) is 53.7 Å². The molecule has 0 fully saturated rings. The molecule has 32 heavy (non-hydrogen) atoms. The Morgan fingerprint density at radius 2 is 1.72 bits per heavy atom. The van der Waals surface area contributed by atoms with E-state index in [9.17, 15) is 17.4 Å². The fraction of sp³-hybridized carbons (Fsp3) is 0.167.